The Balaban J connectivity index is 1.75. The Morgan fingerprint density at radius 3 is 2.39 bits per heavy atom. The molecule has 12 nitrogen and oxygen atoms in total. The Hall–Kier alpha value is -3.76. The molecule has 13 heteroatoms. The van der Waals surface area contributed by atoms with Crippen LogP contribution in [0.15, 0.2) is 30.6 Å². The fourth-order valence-corrected chi connectivity index (χ4v) is 5.19. The summed E-state index contributed by atoms with van der Waals surface area (Å²) in [6.45, 7) is 3.83. The molecule has 0 radical (unpaired) electrons. The second-order valence-electron chi connectivity index (χ2n) is 8.31. The molecule has 0 aliphatic carbocycles. The van der Waals surface area contributed by atoms with Crippen LogP contribution in [0.3, 0.4) is 0 Å². The number of sulfonamides is 1. The summed E-state index contributed by atoms with van der Waals surface area (Å²) < 4.78 is 48.1. The number of aromatic nitrogens is 5. The molecule has 1 N–H and O–H groups in total. The van der Waals surface area contributed by atoms with Crippen molar-refractivity contribution in [3.8, 4) is 23.3 Å². The van der Waals surface area contributed by atoms with E-state index in [1.54, 1.807) is 36.6 Å². The molecule has 1 aromatic carbocycles. The van der Waals surface area contributed by atoms with E-state index in [-0.39, 0.29) is 12.1 Å². The third kappa shape index (κ3) is 4.82. The number of hydrogen-bond donors (Lipinski definition) is 1. The standard InChI is InChI=1S/C23H27N7O5S/c1-14(21-25-12-16(11-24)13-26-21)15(2)36(31,32)29-23-28-27-22(19-9-6-10-35-19)30(23)20-17(33-3)7-5-8-18(20)34-4/h5,7-8,12-15,19H,6,9-10H2,1-4H3,(H,28,29)/t14-,15-,19+/m0/s1. The van der Waals surface area contributed by atoms with Crippen molar-refractivity contribution in [1.29, 1.82) is 5.26 Å². The van der Waals surface area contributed by atoms with Crippen molar-refractivity contribution in [1.82, 2.24) is 24.7 Å². The molecule has 36 heavy (non-hydrogen) atoms. The molecule has 0 unspecified atom stereocenters. The zero-order valence-electron chi connectivity index (χ0n) is 20.4. The number of methoxy groups -OCH3 is 2. The largest absolute Gasteiger partial charge is 0.494 e. The summed E-state index contributed by atoms with van der Waals surface area (Å²) in [5.74, 6) is 1.03. The van der Waals surface area contributed by atoms with Crippen LogP contribution in [0, 0.1) is 11.3 Å². The first-order valence-electron chi connectivity index (χ1n) is 11.3. The summed E-state index contributed by atoms with van der Waals surface area (Å²) in [4.78, 5) is 8.30. The van der Waals surface area contributed by atoms with E-state index in [0.717, 1.165) is 6.42 Å². The maximum atomic E-state index is 13.5. The van der Waals surface area contributed by atoms with E-state index in [9.17, 15) is 8.42 Å². The predicted molar refractivity (Wildman–Crippen MR) is 130 cm³/mol. The van der Waals surface area contributed by atoms with Crippen LogP contribution >= 0.6 is 0 Å². The molecule has 1 fully saturated rings. The van der Waals surface area contributed by atoms with Gasteiger partial charge in [0.25, 0.3) is 0 Å². The fraction of sp³-hybridized carbons (Fsp3) is 0.435. The lowest BCUT2D eigenvalue weighted by atomic mass is 10.1. The van der Waals surface area contributed by atoms with Gasteiger partial charge < -0.3 is 14.2 Å². The number of anilines is 1. The van der Waals surface area contributed by atoms with Gasteiger partial charge in [0.1, 0.15) is 35.2 Å². The Morgan fingerprint density at radius 1 is 1.17 bits per heavy atom. The van der Waals surface area contributed by atoms with Crippen molar-refractivity contribution in [2.24, 2.45) is 0 Å². The number of nitriles is 1. The summed E-state index contributed by atoms with van der Waals surface area (Å²) >= 11 is 0. The number of benzene rings is 1. The molecule has 2 aromatic heterocycles. The van der Waals surface area contributed by atoms with E-state index in [4.69, 9.17) is 19.5 Å². The maximum absolute atomic E-state index is 13.5. The van der Waals surface area contributed by atoms with Gasteiger partial charge in [0, 0.05) is 24.9 Å². The van der Waals surface area contributed by atoms with Crippen LogP contribution in [0.2, 0.25) is 0 Å². The Labute approximate surface area is 209 Å². The zero-order chi connectivity index (χ0) is 25.9. The predicted octanol–water partition coefficient (Wildman–Crippen LogP) is 2.73. The number of hydrogen-bond acceptors (Lipinski definition) is 10. The smallest absolute Gasteiger partial charge is 0.243 e. The highest BCUT2D eigenvalue weighted by Crippen LogP contribution is 2.39. The van der Waals surface area contributed by atoms with Gasteiger partial charge >= 0.3 is 0 Å². The van der Waals surface area contributed by atoms with Gasteiger partial charge in [-0.25, -0.2) is 18.4 Å². The number of nitrogens with one attached hydrogen (secondary N) is 1. The van der Waals surface area contributed by atoms with Gasteiger partial charge in [-0.15, -0.1) is 10.2 Å². The molecule has 4 rings (SSSR count). The highest BCUT2D eigenvalue weighted by Gasteiger charge is 2.34. The highest BCUT2D eigenvalue weighted by atomic mass is 32.2. The van der Waals surface area contributed by atoms with Gasteiger partial charge in [0.15, 0.2) is 5.82 Å². The summed E-state index contributed by atoms with van der Waals surface area (Å²) in [6.07, 6.45) is 3.93. The minimum absolute atomic E-state index is 0.0249. The van der Waals surface area contributed by atoms with Crippen LogP contribution < -0.4 is 14.2 Å². The van der Waals surface area contributed by atoms with Crippen molar-refractivity contribution < 1.29 is 22.6 Å². The van der Waals surface area contributed by atoms with Gasteiger partial charge in [-0.05, 0) is 31.9 Å². The van der Waals surface area contributed by atoms with Crippen LogP contribution in [0.4, 0.5) is 5.95 Å². The van der Waals surface area contributed by atoms with Crippen molar-refractivity contribution in [3.63, 3.8) is 0 Å². The van der Waals surface area contributed by atoms with E-state index in [2.05, 4.69) is 24.9 Å². The van der Waals surface area contributed by atoms with Gasteiger partial charge in [-0.1, -0.05) is 13.0 Å². The fourth-order valence-electron chi connectivity index (χ4n) is 3.95. The van der Waals surface area contributed by atoms with Crippen LogP contribution in [-0.2, 0) is 14.8 Å². The normalized spacial score (nSPS) is 17.2. The van der Waals surface area contributed by atoms with Crippen molar-refractivity contribution >= 4 is 16.0 Å². The third-order valence-electron chi connectivity index (χ3n) is 6.17. The highest BCUT2D eigenvalue weighted by molar-refractivity contribution is 7.93. The van der Waals surface area contributed by atoms with Crippen molar-refractivity contribution in [2.75, 3.05) is 25.5 Å². The minimum Gasteiger partial charge on any atom is -0.494 e. The topological polar surface area (TPSA) is 154 Å². The Kier molecular flexibility index (Phi) is 7.37. The lowest BCUT2D eigenvalue weighted by molar-refractivity contribution is 0.103. The second-order valence-corrected chi connectivity index (χ2v) is 10.4. The first-order chi connectivity index (χ1) is 17.3. The molecule has 0 bridgehead atoms. The number of ether oxygens (including phenoxy) is 3. The van der Waals surface area contributed by atoms with E-state index in [1.165, 1.54) is 26.6 Å². The molecule has 1 aliphatic heterocycles. The molecule has 1 saturated heterocycles. The third-order valence-corrected chi connectivity index (χ3v) is 8.02. The quantitative estimate of drug-likeness (QED) is 0.451. The molecule has 3 heterocycles. The molecule has 0 amide bonds. The van der Waals surface area contributed by atoms with Gasteiger partial charge in [0.05, 0.1) is 25.0 Å². The lowest BCUT2D eigenvalue weighted by Crippen LogP contribution is -2.31. The van der Waals surface area contributed by atoms with E-state index in [1.807, 2.05) is 6.07 Å². The monoisotopic (exact) mass is 513 g/mol. The molecule has 0 spiro atoms. The van der Waals surface area contributed by atoms with Gasteiger partial charge in [0.2, 0.25) is 16.0 Å². The number of nitrogens with zero attached hydrogens (tertiary/aromatic N) is 6. The van der Waals surface area contributed by atoms with E-state index >= 15 is 0 Å². The molecular weight excluding hydrogens is 486 g/mol. The first kappa shape index (κ1) is 25.3. The SMILES string of the molecule is COc1cccc(OC)c1-n1c(NS(=O)(=O)[C@@H](C)[C@H](C)c2ncc(C#N)cn2)nnc1[C@H]1CCCO1. The Morgan fingerprint density at radius 2 is 1.83 bits per heavy atom. The summed E-state index contributed by atoms with van der Waals surface area (Å²) in [5, 5.41) is 16.5. The molecule has 1 aliphatic rings. The van der Waals surface area contributed by atoms with Crippen LogP contribution in [-0.4, -0.2) is 59.2 Å². The second kappa shape index (κ2) is 10.5. The molecule has 3 aromatic rings. The van der Waals surface area contributed by atoms with Gasteiger partial charge in [-0.3, -0.25) is 9.29 Å². The number of para-hydroxylation sites is 1. The first-order valence-corrected chi connectivity index (χ1v) is 12.9. The van der Waals surface area contributed by atoms with Crippen LogP contribution in [0.1, 0.15) is 55.9 Å². The van der Waals surface area contributed by atoms with Crippen molar-refractivity contribution in [2.45, 2.75) is 44.0 Å². The van der Waals surface area contributed by atoms with E-state index < -0.39 is 21.2 Å². The molecule has 3 atom stereocenters. The van der Waals surface area contributed by atoms with E-state index in [0.29, 0.717) is 47.4 Å². The van der Waals surface area contributed by atoms with Crippen LogP contribution in [0.5, 0.6) is 11.5 Å². The minimum atomic E-state index is -4.00. The molecule has 190 valence electrons. The van der Waals surface area contributed by atoms with Crippen LogP contribution in [0.25, 0.3) is 5.69 Å². The average Bonchev–Trinajstić information content (AvgIpc) is 3.57. The maximum Gasteiger partial charge on any atom is 0.243 e. The molecule has 0 saturated carbocycles. The zero-order valence-corrected chi connectivity index (χ0v) is 21.2. The lowest BCUT2D eigenvalue weighted by Gasteiger charge is -2.22. The van der Waals surface area contributed by atoms with Gasteiger partial charge in [-0.2, -0.15) is 5.26 Å². The summed E-state index contributed by atoms with van der Waals surface area (Å²) in [6, 6.07) is 7.19. The number of rotatable bonds is 9. The summed E-state index contributed by atoms with van der Waals surface area (Å²) in [5.41, 5.74) is 0.743. The average molecular weight is 514 g/mol. The molecular formula is C23H27N7O5S. The Bertz CT molecular complexity index is 1340. The summed E-state index contributed by atoms with van der Waals surface area (Å²) in [7, 11) is -0.970. The van der Waals surface area contributed by atoms with Crippen molar-refractivity contribution in [3.05, 3.63) is 47.8 Å².